The van der Waals surface area contributed by atoms with Gasteiger partial charge in [-0.05, 0) is 24.6 Å². The van der Waals surface area contributed by atoms with Gasteiger partial charge in [0.15, 0.2) is 0 Å². The molecule has 1 saturated heterocycles. The molecule has 18 heavy (non-hydrogen) atoms. The van der Waals surface area contributed by atoms with Crippen molar-refractivity contribution in [3.8, 4) is 0 Å². The van der Waals surface area contributed by atoms with E-state index in [1.165, 1.54) is 0 Å². The predicted octanol–water partition coefficient (Wildman–Crippen LogP) is 2.35. The van der Waals surface area contributed by atoms with Gasteiger partial charge in [0.2, 0.25) is 5.91 Å². The monoisotopic (exact) mass is 284 g/mol. The highest BCUT2D eigenvalue weighted by Gasteiger charge is 2.26. The lowest BCUT2D eigenvalue weighted by molar-refractivity contribution is -0.133. The summed E-state index contributed by atoms with van der Waals surface area (Å²) in [6.07, 6.45) is 0. The average molecular weight is 285 g/mol. The van der Waals surface area contributed by atoms with Gasteiger partial charge in [-0.3, -0.25) is 10.1 Å². The quantitative estimate of drug-likeness (QED) is 0.921. The van der Waals surface area contributed by atoms with E-state index < -0.39 is 0 Å². The molecule has 0 saturated carbocycles. The van der Waals surface area contributed by atoms with E-state index in [0.717, 1.165) is 17.2 Å². The van der Waals surface area contributed by atoms with Gasteiger partial charge in [0.25, 0.3) is 0 Å². The molecule has 3 nitrogen and oxygen atoms in total. The molecule has 2 rings (SSSR count). The van der Waals surface area contributed by atoms with Gasteiger partial charge >= 0.3 is 0 Å². The summed E-state index contributed by atoms with van der Waals surface area (Å²) < 4.78 is 0. The summed E-state index contributed by atoms with van der Waals surface area (Å²) in [6.45, 7) is 3.34. The Labute approximate surface area is 117 Å². The van der Waals surface area contributed by atoms with Gasteiger partial charge in [0.05, 0.1) is 6.04 Å². The van der Waals surface area contributed by atoms with E-state index in [2.05, 4.69) is 5.32 Å². The second-order valence-electron chi connectivity index (χ2n) is 4.25. The first-order valence-electron chi connectivity index (χ1n) is 6.05. The molecule has 0 spiro atoms. The zero-order valence-corrected chi connectivity index (χ0v) is 11.9. The van der Waals surface area contributed by atoms with Gasteiger partial charge in [-0.1, -0.05) is 23.7 Å². The van der Waals surface area contributed by atoms with Gasteiger partial charge < -0.3 is 4.90 Å². The maximum atomic E-state index is 12.3. The summed E-state index contributed by atoms with van der Waals surface area (Å²) in [5.74, 6) is 1.91. The van der Waals surface area contributed by atoms with Crippen molar-refractivity contribution in [1.29, 1.82) is 0 Å². The zero-order valence-electron chi connectivity index (χ0n) is 10.4. The third-order valence-corrected chi connectivity index (χ3v) is 4.15. The maximum Gasteiger partial charge on any atom is 0.240 e. The van der Waals surface area contributed by atoms with Crippen molar-refractivity contribution in [3.05, 3.63) is 34.9 Å². The molecule has 1 aliphatic heterocycles. The standard InChI is InChI=1S/C13H17ClN2OS/c1-2-16(13(17)12-8-18-9-15-12)7-10-4-3-5-11(14)6-10/h3-6,12,15H,2,7-9H2,1H3. The summed E-state index contributed by atoms with van der Waals surface area (Å²) in [7, 11) is 0. The van der Waals surface area contributed by atoms with Crippen LogP contribution in [-0.2, 0) is 11.3 Å². The first kappa shape index (κ1) is 13.7. The van der Waals surface area contributed by atoms with E-state index in [0.29, 0.717) is 18.1 Å². The number of hydrogen-bond acceptors (Lipinski definition) is 3. The molecular weight excluding hydrogens is 268 g/mol. The van der Waals surface area contributed by atoms with E-state index in [1.54, 1.807) is 11.8 Å². The molecule has 0 aromatic heterocycles. The van der Waals surface area contributed by atoms with Crippen LogP contribution in [0.4, 0.5) is 0 Å². The summed E-state index contributed by atoms with van der Waals surface area (Å²) in [4.78, 5) is 14.2. The van der Waals surface area contributed by atoms with Crippen LogP contribution in [0.15, 0.2) is 24.3 Å². The molecule has 1 N–H and O–H groups in total. The lowest BCUT2D eigenvalue weighted by Gasteiger charge is -2.24. The summed E-state index contributed by atoms with van der Waals surface area (Å²) in [6, 6.07) is 7.64. The molecule has 0 aliphatic carbocycles. The lowest BCUT2D eigenvalue weighted by Crippen LogP contribution is -2.44. The summed E-state index contributed by atoms with van der Waals surface area (Å²) in [5.41, 5.74) is 1.07. The molecule has 1 heterocycles. The van der Waals surface area contributed by atoms with Crippen LogP contribution in [0.5, 0.6) is 0 Å². The topological polar surface area (TPSA) is 32.3 Å². The number of thioether (sulfide) groups is 1. The highest BCUT2D eigenvalue weighted by atomic mass is 35.5. The van der Waals surface area contributed by atoms with Crippen LogP contribution < -0.4 is 5.32 Å². The van der Waals surface area contributed by atoms with Crippen LogP contribution in [0.3, 0.4) is 0 Å². The van der Waals surface area contributed by atoms with Crippen molar-refractivity contribution in [1.82, 2.24) is 10.2 Å². The van der Waals surface area contributed by atoms with Gasteiger partial charge in [0.1, 0.15) is 0 Å². The number of carbonyl (C=O) groups excluding carboxylic acids is 1. The molecular formula is C13H17ClN2OS. The fraction of sp³-hybridized carbons (Fsp3) is 0.462. The van der Waals surface area contributed by atoms with Crippen LogP contribution in [0.25, 0.3) is 0 Å². The number of benzene rings is 1. The lowest BCUT2D eigenvalue weighted by atomic mass is 10.2. The molecule has 5 heteroatoms. The molecule has 1 aromatic rings. The van der Waals surface area contributed by atoms with Crippen molar-refractivity contribution < 1.29 is 4.79 Å². The van der Waals surface area contributed by atoms with Gasteiger partial charge in [-0.2, -0.15) is 0 Å². The number of nitrogens with zero attached hydrogens (tertiary/aromatic N) is 1. The number of hydrogen-bond donors (Lipinski definition) is 1. The predicted molar refractivity (Wildman–Crippen MR) is 76.8 cm³/mol. The maximum absolute atomic E-state index is 12.3. The molecule has 1 amide bonds. The highest BCUT2D eigenvalue weighted by Crippen LogP contribution is 2.16. The number of likely N-dealkylation sites (N-methyl/N-ethyl adjacent to an activating group) is 1. The molecule has 1 aliphatic rings. The Bertz CT molecular complexity index is 421. The van der Waals surface area contributed by atoms with Crippen molar-refractivity contribution in [3.63, 3.8) is 0 Å². The van der Waals surface area contributed by atoms with E-state index in [4.69, 9.17) is 11.6 Å². The van der Waals surface area contributed by atoms with E-state index >= 15 is 0 Å². The third kappa shape index (κ3) is 3.40. The van der Waals surface area contributed by atoms with Crippen LogP contribution in [0.1, 0.15) is 12.5 Å². The highest BCUT2D eigenvalue weighted by molar-refractivity contribution is 7.99. The molecule has 1 aromatic carbocycles. The van der Waals surface area contributed by atoms with E-state index in [1.807, 2.05) is 36.1 Å². The summed E-state index contributed by atoms with van der Waals surface area (Å²) in [5, 5.41) is 3.93. The number of amides is 1. The number of carbonyl (C=O) groups is 1. The average Bonchev–Trinajstić information content (AvgIpc) is 2.89. The van der Waals surface area contributed by atoms with Gasteiger partial charge in [-0.15, -0.1) is 11.8 Å². The van der Waals surface area contributed by atoms with Gasteiger partial charge in [-0.25, -0.2) is 0 Å². The first-order valence-corrected chi connectivity index (χ1v) is 7.58. The van der Waals surface area contributed by atoms with Crippen LogP contribution in [0.2, 0.25) is 5.02 Å². The summed E-state index contributed by atoms with van der Waals surface area (Å²) >= 11 is 7.73. The van der Waals surface area contributed by atoms with E-state index in [9.17, 15) is 4.79 Å². The Hall–Kier alpha value is -0.710. The first-order chi connectivity index (χ1) is 8.70. The molecule has 1 unspecified atom stereocenters. The Morgan fingerprint density at radius 1 is 1.61 bits per heavy atom. The van der Waals surface area contributed by atoms with Gasteiger partial charge in [0, 0.05) is 29.7 Å². The number of nitrogens with one attached hydrogen (secondary N) is 1. The fourth-order valence-electron chi connectivity index (χ4n) is 1.98. The normalized spacial score (nSPS) is 18.9. The molecule has 98 valence electrons. The Morgan fingerprint density at radius 3 is 3.06 bits per heavy atom. The minimum Gasteiger partial charge on any atom is -0.337 e. The minimum atomic E-state index is -0.0332. The minimum absolute atomic E-state index is 0.0332. The number of halogens is 1. The van der Waals surface area contributed by atoms with Crippen LogP contribution in [-0.4, -0.2) is 35.0 Å². The van der Waals surface area contributed by atoms with Crippen molar-refractivity contribution in [2.24, 2.45) is 0 Å². The van der Waals surface area contributed by atoms with Crippen molar-refractivity contribution in [2.45, 2.75) is 19.5 Å². The molecule has 0 bridgehead atoms. The molecule has 0 radical (unpaired) electrons. The largest absolute Gasteiger partial charge is 0.337 e. The van der Waals surface area contributed by atoms with Crippen LogP contribution in [0, 0.1) is 0 Å². The third-order valence-electron chi connectivity index (χ3n) is 2.97. The molecule has 1 fully saturated rings. The fourth-order valence-corrected chi connectivity index (χ4v) is 3.12. The Morgan fingerprint density at radius 2 is 2.44 bits per heavy atom. The number of rotatable bonds is 4. The second-order valence-corrected chi connectivity index (χ2v) is 5.72. The zero-order chi connectivity index (χ0) is 13.0. The van der Waals surface area contributed by atoms with E-state index in [-0.39, 0.29) is 11.9 Å². The van der Waals surface area contributed by atoms with Crippen LogP contribution >= 0.6 is 23.4 Å². The second kappa shape index (κ2) is 6.45. The van der Waals surface area contributed by atoms with Crippen molar-refractivity contribution >= 4 is 29.3 Å². The molecule has 1 atom stereocenters. The van der Waals surface area contributed by atoms with Crippen molar-refractivity contribution in [2.75, 3.05) is 18.2 Å². The smallest absolute Gasteiger partial charge is 0.240 e. The Balaban J connectivity index is 2.02. The SMILES string of the molecule is CCN(Cc1cccc(Cl)c1)C(=O)C1CSCN1. The Kier molecular flexibility index (Phi) is 4.92.